The number of imide groups is 1. The van der Waals surface area contributed by atoms with Gasteiger partial charge in [-0.15, -0.1) is 0 Å². The predicted octanol–water partition coefficient (Wildman–Crippen LogP) is 4.13. The van der Waals surface area contributed by atoms with Gasteiger partial charge in [-0.25, -0.2) is 27.6 Å². The Hall–Kier alpha value is -4.89. The van der Waals surface area contributed by atoms with E-state index in [1.807, 2.05) is 0 Å². The van der Waals surface area contributed by atoms with Gasteiger partial charge in [0.15, 0.2) is 0 Å². The van der Waals surface area contributed by atoms with Crippen LogP contribution in [0.4, 0.5) is 16.0 Å². The molecule has 2 aromatic heterocycles. The summed E-state index contributed by atoms with van der Waals surface area (Å²) in [7, 11) is -2.18. The Morgan fingerprint density at radius 1 is 0.948 bits per heavy atom. The number of sulfonamides is 1. The molecule has 2 N–H and O–H groups in total. The maximum absolute atomic E-state index is 15.6. The number of rotatable bonds is 9. The number of carbonyl (C=O) groups is 2. The second-order valence-electron chi connectivity index (χ2n) is 15.9. The third-order valence-corrected chi connectivity index (χ3v) is 14.4. The summed E-state index contributed by atoms with van der Waals surface area (Å²) < 4.78 is 47.6. The third kappa shape index (κ3) is 7.82. The zero-order valence-corrected chi connectivity index (χ0v) is 33.8. The van der Waals surface area contributed by atoms with Crippen LogP contribution in [0, 0.1) is 23.1 Å². The van der Waals surface area contributed by atoms with Gasteiger partial charge in [0, 0.05) is 57.8 Å². The number of hydrogen-bond donors (Lipinski definition) is 2. The molecule has 0 aliphatic carbocycles. The highest BCUT2D eigenvalue weighted by molar-refractivity contribution is 7.89. The number of carbonyl (C=O) groups excluding carboxylic acids is 2. The first-order valence-electron chi connectivity index (χ1n) is 19.9. The van der Waals surface area contributed by atoms with Gasteiger partial charge in [0.25, 0.3) is 0 Å². The molecular weight excluding hydrogens is 787 g/mol. The molecule has 4 fully saturated rings. The number of nitrogens with zero attached hydrogens (tertiary/aromatic N) is 8. The number of anilines is 2. The summed E-state index contributed by atoms with van der Waals surface area (Å²) >= 11 is 5.89. The molecule has 2 aromatic carbocycles. The Kier molecular flexibility index (Phi) is 11.3. The van der Waals surface area contributed by atoms with E-state index in [0.717, 1.165) is 32.5 Å². The number of amides is 2. The number of piperidine rings is 4. The number of nitrogens with one attached hydrogen (secondary N) is 2. The van der Waals surface area contributed by atoms with Gasteiger partial charge < -0.3 is 15.1 Å². The predicted molar refractivity (Wildman–Crippen MR) is 216 cm³/mol. The van der Waals surface area contributed by atoms with E-state index in [4.69, 9.17) is 11.6 Å². The summed E-state index contributed by atoms with van der Waals surface area (Å²) in [5, 5.41) is 16.0. The number of benzene rings is 2. The smallest absolute Gasteiger partial charge is 0.329 e. The molecule has 18 heteroatoms. The Balaban J connectivity index is 0.873. The van der Waals surface area contributed by atoms with Crippen molar-refractivity contribution in [3.8, 4) is 6.07 Å². The Morgan fingerprint density at radius 3 is 2.33 bits per heavy atom. The van der Waals surface area contributed by atoms with Crippen LogP contribution in [0.15, 0.2) is 52.4 Å². The molecule has 306 valence electrons. The molecule has 0 radical (unpaired) electrons. The Morgan fingerprint density at radius 2 is 1.66 bits per heavy atom. The molecular formula is C40H46ClFN10O5S. The number of nitriles is 1. The number of fused-ring (bicyclic) bond motifs is 1. The van der Waals surface area contributed by atoms with Crippen molar-refractivity contribution < 1.29 is 22.4 Å². The molecule has 8 rings (SSSR count). The van der Waals surface area contributed by atoms with Crippen LogP contribution in [-0.4, -0.2) is 100 Å². The summed E-state index contributed by atoms with van der Waals surface area (Å²) in [5.41, 5.74) is 2.16. The minimum atomic E-state index is -3.79. The lowest BCUT2D eigenvalue weighted by Gasteiger charge is -2.39. The van der Waals surface area contributed by atoms with E-state index >= 15 is 4.39 Å². The van der Waals surface area contributed by atoms with Gasteiger partial charge in [0.2, 0.25) is 27.8 Å². The molecule has 0 bridgehead atoms. The van der Waals surface area contributed by atoms with E-state index in [1.54, 1.807) is 25.2 Å². The average Bonchev–Trinajstić information content (AvgIpc) is 3.47. The van der Waals surface area contributed by atoms with Crippen molar-refractivity contribution in [2.24, 2.45) is 13.0 Å². The van der Waals surface area contributed by atoms with Crippen LogP contribution in [-0.2, 0) is 26.7 Å². The minimum Gasteiger partial charge on any atom is -0.370 e. The highest BCUT2D eigenvalue weighted by Gasteiger charge is 2.35. The van der Waals surface area contributed by atoms with Crippen molar-refractivity contribution in [3.63, 3.8) is 0 Å². The summed E-state index contributed by atoms with van der Waals surface area (Å²) in [6.07, 6.45) is 7.74. The van der Waals surface area contributed by atoms with Crippen molar-refractivity contribution >= 4 is 56.1 Å². The van der Waals surface area contributed by atoms with Crippen molar-refractivity contribution in [2.45, 2.75) is 74.3 Å². The number of imidazole rings is 1. The number of hydrogen-bond acceptors (Lipinski definition) is 11. The van der Waals surface area contributed by atoms with Crippen LogP contribution in [0.1, 0.15) is 74.5 Å². The summed E-state index contributed by atoms with van der Waals surface area (Å²) in [4.78, 5) is 51.0. The van der Waals surface area contributed by atoms with Crippen LogP contribution in [0.25, 0.3) is 11.0 Å². The molecule has 4 saturated heterocycles. The number of aromatic nitrogens is 4. The highest BCUT2D eigenvalue weighted by Crippen LogP contribution is 2.37. The largest absolute Gasteiger partial charge is 0.370 e. The average molecular weight is 833 g/mol. The fourth-order valence-electron chi connectivity index (χ4n) is 9.21. The van der Waals surface area contributed by atoms with Crippen LogP contribution in [0.5, 0.6) is 0 Å². The first-order chi connectivity index (χ1) is 27.9. The van der Waals surface area contributed by atoms with Crippen LogP contribution in [0.3, 0.4) is 0 Å². The van der Waals surface area contributed by atoms with Crippen molar-refractivity contribution in [3.05, 3.63) is 75.2 Å². The maximum Gasteiger partial charge on any atom is 0.329 e. The second kappa shape index (κ2) is 16.4. The monoisotopic (exact) mass is 832 g/mol. The van der Waals surface area contributed by atoms with Crippen LogP contribution >= 0.6 is 11.6 Å². The topological polar surface area (TPSA) is 179 Å². The van der Waals surface area contributed by atoms with Gasteiger partial charge in [0.05, 0.1) is 44.6 Å². The normalized spacial score (nSPS) is 21.0. The fourth-order valence-corrected chi connectivity index (χ4v) is 10.8. The summed E-state index contributed by atoms with van der Waals surface area (Å²) in [6, 6.07) is 9.17. The first kappa shape index (κ1) is 39.9. The van der Waals surface area contributed by atoms with Gasteiger partial charge in [0.1, 0.15) is 17.9 Å². The van der Waals surface area contributed by atoms with E-state index in [9.17, 15) is 28.1 Å². The summed E-state index contributed by atoms with van der Waals surface area (Å²) in [6.45, 7) is 4.48. The van der Waals surface area contributed by atoms with Gasteiger partial charge in [-0.05, 0) is 100 Å². The zero-order chi connectivity index (χ0) is 40.7. The maximum atomic E-state index is 15.6. The van der Waals surface area contributed by atoms with E-state index < -0.39 is 27.7 Å². The molecule has 4 aliphatic heterocycles. The standard InChI is InChI=1S/C40H46ClFN10O5S/c1-48-37-32(52(40(48)55)33-6-7-35(53)47-38(33)54)5-4-31(42)36(37)26-10-14-49(15-11-26)24-25-8-16-50(17-9-25)34-20-30(3-2-27(34)21-43)58(56,57)51-18-12-29(13-19-51)46-39-44-22-28(41)23-45-39/h2-5,20,22-23,25-26,29,33H,6-19,24H2,1H3,(H,44,45,46)(H,47,53,54). The molecule has 4 aliphatic rings. The van der Waals surface area contributed by atoms with E-state index in [0.29, 0.717) is 96.6 Å². The zero-order valence-electron chi connectivity index (χ0n) is 32.2. The first-order valence-corrected chi connectivity index (χ1v) is 21.7. The molecule has 0 spiro atoms. The molecule has 58 heavy (non-hydrogen) atoms. The van der Waals surface area contributed by atoms with Gasteiger partial charge in [-0.2, -0.15) is 9.57 Å². The number of likely N-dealkylation sites (tertiary alicyclic amines) is 1. The van der Waals surface area contributed by atoms with Crippen molar-refractivity contribution in [1.29, 1.82) is 5.26 Å². The molecule has 0 saturated carbocycles. The SMILES string of the molecule is Cn1c(=O)n(C2CCC(=O)NC2=O)c2ccc(F)c(C3CCN(CC4CCN(c5cc(S(=O)(=O)N6CCC(Nc7ncc(Cl)cn7)CC6)ccc5C#N)CC4)CC3)c21. The number of halogens is 2. The number of aryl methyl sites for hydroxylation is 1. The van der Waals surface area contributed by atoms with Crippen molar-refractivity contribution in [2.75, 3.05) is 56.0 Å². The Bertz CT molecular complexity index is 2430. The quantitative estimate of drug-likeness (QED) is 0.232. The van der Waals surface area contributed by atoms with Gasteiger partial charge >= 0.3 is 5.69 Å². The third-order valence-electron chi connectivity index (χ3n) is 12.4. The molecule has 1 atom stereocenters. The Labute approximate surface area is 340 Å². The van der Waals surface area contributed by atoms with E-state index in [-0.39, 0.29) is 41.4 Å². The van der Waals surface area contributed by atoms with Gasteiger partial charge in [-0.3, -0.25) is 24.0 Å². The molecule has 6 heterocycles. The molecule has 2 amide bonds. The molecule has 1 unspecified atom stereocenters. The summed E-state index contributed by atoms with van der Waals surface area (Å²) in [5.74, 6) is -0.507. The lowest BCUT2D eigenvalue weighted by molar-refractivity contribution is -0.135. The second-order valence-corrected chi connectivity index (χ2v) is 18.2. The van der Waals surface area contributed by atoms with Crippen molar-refractivity contribution in [1.82, 2.24) is 33.6 Å². The van der Waals surface area contributed by atoms with E-state index in [1.165, 1.54) is 38.0 Å². The lowest BCUT2D eigenvalue weighted by atomic mass is 9.87. The minimum absolute atomic E-state index is 0.0262. The molecule has 4 aromatic rings. The van der Waals surface area contributed by atoms with Crippen LogP contribution < -0.4 is 21.2 Å². The lowest BCUT2D eigenvalue weighted by Crippen LogP contribution is -2.44. The van der Waals surface area contributed by atoms with E-state index in [2.05, 4.69) is 36.5 Å². The van der Waals surface area contributed by atoms with Crippen LogP contribution in [0.2, 0.25) is 5.02 Å². The fraction of sp³-hybridized carbons (Fsp3) is 0.500. The highest BCUT2D eigenvalue weighted by atomic mass is 35.5. The van der Waals surface area contributed by atoms with Gasteiger partial charge in [-0.1, -0.05) is 11.6 Å². The molecule has 15 nitrogen and oxygen atoms in total.